The number of nitrogens with zero attached hydrogens (tertiary/aromatic N) is 2. The Labute approximate surface area is 141 Å². The standard InChI is InChI=1S/C17H20N4OS/c1-6-11-7-14(12(10(2)3)8-13(11)22-5)23-15-9-20-17(19-4)21-16(15)18/h1,7-10H,2-5H3,(H3,18,19,20,21). The number of anilines is 2. The molecule has 0 aliphatic heterocycles. The van der Waals surface area contributed by atoms with E-state index in [0.29, 0.717) is 29.0 Å². The predicted octanol–water partition coefficient (Wildman–Crippen LogP) is 3.37. The van der Waals surface area contributed by atoms with E-state index in [1.165, 1.54) is 11.8 Å². The van der Waals surface area contributed by atoms with Gasteiger partial charge in [-0.3, -0.25) is 0 Å². The number of hydrogen-bond acceptors (Lipinski definition) is 6. The topological polar surface area (TPSA) is 73.1 Å². The Morgan fingerprint density at radius 1 is 1.35 bits per heavy atom. The second-order valence-corrected chi connectivity index (χ2v) is 6.27. The Hall–Kier alpha value is -2.39. The lowest BCUT2D eigenvalue weighted by molar-refractivity contribution is 0.412. The minimum Gasteiger partial charge on any atom is -0.495 e. The Kier molecular flexibility index (Phi) is 5.35. The summed E-state index contributed by atoms with van der Waals surface area (Å²) in [6.45, 7) is 4.25. The van der Waals surface area contributed by atoms with Gasteiger partial charge in [-0.25, -0.2) is 4.98 Å². The van der Waals surface area contributed by atoms with Crippen LogP contribution in [0.2, 0.25) is 0 Å². The van der Waals surface area contributed by atoms with Gasteiger partial charge in [-0.05, 0) is 23.6 Å². The fourth-order valence-corrected chi connectivity index (χ4v) is 3.18. The normalized spacial score (nSPS) is 10.4. The number of methoxy groups -OCH3 is 1. The van der Waals surface area contributed by atoms with Crippen molar-refractivity contribution in [1.82, 2.24) is 9.97 Å². The molecule has 6 heteroatoms. The fourth-order valence-electron chi connectivity index (χ4n) is 2.10. The summed E-state index contributed by atoms with van der Waals surface area (Å²) in [7, 11) is 3.37. The van der Waals surface area contributed by atoms with E-state index < -0.39 is 0 Å². The third-order valence-corrected chi connectivity index (χ3v) is 4.44. The van der Waals surface area contributed by atoms with E-state index in [1.54, 1.807) is 20.4 Å². The van der Waals surface area contributed by atoms with Gasteiger partial charge in [0.15, 0.2) is 0 Å². The highest BCUT2D eigenvalue weighted by Crippen LogP contribution is 2.39. The van der Waals surface area contributed by atoms with Gasteiger partial charge in [-0.1, -0.05) is 31.5 Å². The Bertz CT molecular complexity index is 753. The van der Waals surface area contributed by atoms with Gasteiger partial charge in [0.1, 0.15) is 11.6 Å². The van der Waals surface area contributed by atoms with Gasteiger partial charge in [-0.15, -0.1) is 6.42 Å². The van der Waals surface area contributed by atoms with Crippen LogP contribution in [0.1, 0.15) is 30.9 Å². The molecule has 5 nitrogen and oxygen atoms in total. The number of rotatable bonds is 5. The lowest BCUT2D eigenvalue weighted by atomic mass is 10.0. The van der Waals surface area contributed by atoms with Crippen molar-refractivity contribution < 1.29 is 4.74 Å². The van der Waals surface area contributed by atoms with Crippen LogP contribution in [0, 0.1) is 12.3 Å². The first-order chi connectivity index (χ1) is 11.0. The quantitative estimate of drug-likeness (QED) is 0.820. The van der Waals surface area contributed by atoms with Crippen LogP contribution in [0.25, 0.3) is 0 Å². The molecule has 0 radical (unpaired) electrons. The van der Waals surface area contributed by atoms with Crippen molar-refractivity contribution in [1.29, 1.82) is 0 Å². The lowest BCUT2D eigenvalue weighted by Crippen LogP contribution is -2.02. The molecular formula is C17H20N4OS. The second-order valence-electron chi connectivity index (χ2n) is 5.18. The predicted molar refractivity (Wildman–Crippen MR) is 95.1 cm³/mol. The second kappa shape index (κ2) is 7.25. The molecule has 1 heterocycles. The van der Waals surface area contributed by atoms with Gasteiger partial charge in [-0.2, -0.15) is 4.98 Å². The molecule has 23 heavy (non-hydrogen) atoms. The molecule has 2 aromatic rings. The zero-order chi connectivity index (χ0) is 17.0. The number of hydrogen-bond donors (Lipinski definition) is 2. The van der Waals surface area contributed by atoms with Crippen LogP contribution < -0.4 is 15.8 Å². The lowest BCUT2D eigenvalue weighted by Gasteiger charge is -2.16. The van der Waals surface area contributed by atoms with Crippen molar-refractivity contribution in [2.24, 2.45) is 0 Å². The maximum Gasteiger partial charge on any atom is 0.224 e. The monoisotopic (exact) mass is 328 g/mol. The molecule has 0 spiro atoms. The van der Waals surface area contributed by atoms with Crippen LogP contribution in [0.5, 0.6) is 5.75 Å². The van der Waals surface area contributed by atoms with Crippen LogP contribution in [-0.4, -0.2) is 24.1 Å². The molecule has 3 N–H and O–H groups in total. The average molecular weight is 328 g/mol. The van der Waals surface area contributed by atoms with Crippen molar-refractivity contribution in [2.75, 3.05) is 25.2 Å². The van der Waals surface area contributed by atoms with E-state index >= 15 is 0 Å². The molecule has 2 rings (SSSR count). The number of nitrogens with one attached hydrogen (secondary N) is 1. The van der Waals surface area contributed by atoms with Crippen LogP contribution in [0.3, 0.4) is 0 Å². The third kappa shape index (κ3) is 3.69. The van der Waals surface area contributed by atoms with Gasteiger partial charge >= 0.3 is 0 Å². The van der Waals surface area contributed by atoms with Crippen LogP contribution in [0.15, 0.2) is 28.1 Å². The summed E-state index contributed by atoms with van der Waals surface area (Å²) in [5.41, 5.74) is 7.88. The zero-order valence-electron chi connectivity index (χ0n) is 13.7. The van der Waals surface area contributed by atoms with Crippen LogP contribution in [0.4, 0.5) is 11.8 Å². The number of aromatic nitrogens is 2. The summed E-state index contributed by atoms with van der Waals surface area (Å²) in [5, 5.41) is 2.87. The zero-order valence-corrected chi connectivity index (χ0v) is 14.5. The highest BCUT2D eigenvalue weighted by Gasteiger charge is 2.15. The summed E-state index contributed by atoms with van der Waals surface area (Å²) in [5.74, 6) is 4.61. The van der Waals surface area contributed by atoms with Gasteiger partial charge in [0, 0.05) is 18.1 Å². The summed E-state index contributed by atoms with van der Waals surface area (Å²) < 4.78 is 5.38. The van der Waals surface area contributed by atoms with Gasteiger partial charge in [0.25, 0.3) is 0 Å². The fraction of sp³-hybridized carbons (Fsp3) is 0.294. The van der Waals surface area contributed by atoms with Crippen molar-refractivity contribution >= 4 is 23.5 Å². The maximum absolute atomic E-state index is 6.02. The molecule has 0 unspecified atom stereocenters. The molecular weight excluding hydrogens is 308 g/mol. The molecule has 0 aliphatic rings. The highest BCUT2D eigenvalue weighted by molar-refractivity contribution is 7.99. The molecule has 0 amide bonds. The molecule has 0 saturated carbocycles. The van der Waals surface area contributed by atoms with Gasteiger partial charge in [0.2, 0.25) is 5.95 Å². The van der Waals surface area contributed by atoms with E-state index in [-0.39, 0.29) is 0 Å². The number of ether oxygens (including phenoxy) is 1. The molecule has 0 atom stereocenters. The van der Waals surface area contributed by atoms with Gasteiger partial charge in [0.05, 0.1) is 17.6 Å². The molecule has 0 saturated heterocycles. The summed E-state index contributed by atoms with van der Waals surface area (Å²) in [6.07, 6.45) is 7.30. The highest BCUT2D eigenvalue weighted by atomic mass is 32.2. The minimum atomic E-state index is 0.317. The van der Waals surface area contributed by atoms with E-state index in [0.717, 1.165) is 15.4 Å². The van der Waals surface area contributed by atoms with Crippen molar-refractivity contribution in [3.63, 3.8) is 0 Å². The summed E-state index contributed by atoms with van der Waals surface area (Å²) >= 11 is 1.51. The Balaban J connectivity index is 2.48. The van der Waals surface area contributed by atoms with Crippen LogP contribution in [-0.2, 0) is 0 Å². The number of benzene rings is 1. The van der Waals surface area contributed by atoms with E-state index in [9.17, 15) is 0 Å². The first-order valence-corrected chi connectivity index (χ1v) is 7.98. The molecule has 1 aromatic heterocycles. The average Bonchev–Trinajstić information content (AvgIpc) is 2.55. The minimum absolute atomic E-state index is 0.317. The first kappa shape index (κ1) is 17.0. The number of nitrogens with two attached hydrogens (primary N) is 1. The number of terminal acetylenes is 1. The van der Waals surface area contributed by atoms with Gasteiger partial charge < -0.3 is 15.8 Å². The largest absolute Gasteiger partial charge is 0.495 e. The molecule has 120 valence electrons. The summed E-state index contributed by atoms with van der Waals surface area (Å²) in [4.78, 5) is 10.2. The maximum atomic E-state index is 6.02. The van der Waals surface area contributed by atoms with Crippen molar-refractivity contribution in [2.45, 2.75) is 29.6 Å². The van der Waals surface area contributed by atoms with E-state index in [4.69, 9.17) is 16.9 Å². The first-order valence-electron chi connectivity index (χ1n) is 7.16. The Morgan fingerprint density at radius 2 is 2.09 bits per heavy atom. The Morgan fingerprint density at radius 3 is 2.61 bits per heavy atom. The number of nitrogen functional groups attached to an aromatic ring is 1. The molecule has 0 aliphatic carbocycles. The van der Waals surface area contributed by atoms with E-state index in [1.807, 2.05) is 12.1 Å². The molecule has 1 aromatic carbocycles. The van der Waals surface area contributed by atoms with E-state index in [2.05, 4.69) is 35.1 Å². The van der Waals surface area contributed by atoms with Crippen molar-refractivity contribution in [3.05, 3.63) is 29.5 Å². The SMILES string of the molecule is C#Cc1cc(Sc2cnc(NC)nc2N)c(C(C)C)cc1OC. The summed E-state index contributed by atoms with van der Waals surface area (Å²) in [6, 6.07) is 3.94. The smallest absolute Gasteiger partial charge is 0.224 e. The third-order valence-electron chi connectivity index (χ3n) is 3.34. The molecule has 0 fully saturated rings. The van der Waals surface area contributed by atoms with Crippen LogP contribution >= 0.6 is 11.8 Å². The van der Waals surface area contributed by atoms with Crippen molar-refractivity contribution in [3.8, 4) is 18.1 Å². The molecule has 0 bridgehead atoms.